The number of hydrogen-bond acceptors (Lipinski definition) is 4. The van der Waals surface area contributed by atoms with E-state index in [1.807, 2.05) is 52.9 Å². The SMILES string of the molecule is CNc1ccc(N)c(B2OC(C)(C)C(C)(C)O2)c1. The normalized spacial score (nSPS) is 21.1. The van der Waals surface area contributed by atoms with Gasteiger partial charge in [0, 0.05) is 23.9 Å². The van der Waals surface area contributed by atoms with E-state index in [2.05, 4.69) is 5.32 Å². The van der Waals surface area contributed by atoms with Gasteiger partial charge < -0.3 is 20.4 Å². The van der Waals surface area contributed by atoms with E-state index in [1.54, 1.807) is 0 Å². The van der Waals surface area contributed by atoms with Gasteiger partial charge in [-0.3, -0.25) is 0 Å². The Labute approximate surface area is 109 Å². The maximum absolute atomic E-state index is 6.01. The fourth-order valence-corrected chi connectivity index (χ4v) is 1.90. The summed E-state index contributed by atoms with van der Waals surface area (Å²) in [5.41, 5.74) is 7.88. The molecule has 3 N–H and O–H groups in total. The minimum absolute atomic E-state index is 0.347. The quantitative estimate of drug-likeness (QED) is 0.616. The number of nitrogens with one attached hydrogen (secondary N) is 1. The zero-order valence-electron chi connectivity index (χ0n) is 11.7. The Bertz CT molecular complexity index is 444. The summed E-state index contributed by atoms with van der Waals surface area (Å²) < 4.78 is 12.0. The first kappa shape index (κ1) is 13.2. The van der Waals surface area contributed by atoms with Crippen molar-refractivity contribution < 1.29 is 9.31 Å². The van der Waals surface area contributed by atoms with Crippen LogP contribution in [0.15, 0.2) is 18.2 Å². The molecule has 1 aliphatic heterocycles. The van der Waals surface area contributed by atoms with Gasteiger partial charge >= 0.3 is 7.12 Å². The highest BCUT2D eigenvalue weighted by molar-refractivity contribution is 6.64. The fourth-order valence-electron chi connectivity index (χ4n) is 1.90. The molecule has 1 aromatic carbocycles. The molecule has 0 spiro atoms. The van der Waals surface area contributed by atoms with Crippen molar-refractivity contribution in [1.29, 1.82) is 0 Å². The molecule has 4 nitrogen and oxygen atoms in total. The highest BCUT2D eigenvalue weighted by Gasteiger charge is 2.52. The van der Waals surface area contributed by atoms with Crippen LogP contribution >= 0.6 is 0 Å². The van der Waals surface area contributed by atoms with Gasteiger partial charge in [0.1, 0.15) is 0 Å². The third-order valence-corrected chi connectivity index (χ3v) is 3.88. The summed E-state index contributed by atoms with van der Waals surface area (Å²) in [7, 11) is 1.46. The molecule has 0 unspecified atom stereocenters. The van der Waals surface area contributed by atoms with E-state index >= 15 is 0 Å². The lowest BCUT2D eigenvalue weighted by atomic mass is 9.77. The van der Waals surface area contributed by atoms with Gasteiger partial charge in [-0.05, 0) is 45.9 Å². The molecule has 5 heteroatoms. The van der Waals surface area contributed by atoms with Gasteiger partial charge in [0.15, 0.2) is 0 Å². The molecule has 1 heterocycles. The van der Waals surface area contributed by atoms with Crippen molar-refractivity contribution in [3.63, 3.8) is 0 Å². The number of rotatable bonds is 2. The van der Waals surface area contributed by atoms with Crippen LogP contribution in [0, 0.1) is 0 Å². The van der Waals surface area contributed by atoms with E-state index in [0.717, 1.165) is 11.2 Å². The van der Waals surface area contributed by atoms with Gasteiger partial charge in [0.05, 0.1) is 11.2 Å². The van der Waals surface area contributed by atoms with Crippen molar-refractivity contribution in [2.45, 2.75) is 38.9 Å². The molecule has 1 fully saturated rings. The number of benzene rings is 1. The van der Waals surface area contributed by atoms with Crippen molar-refractivity contribution in [1.82, 2.24) is 0 Å². The van der Waals surface area contributed by atoms with Crippen LogP contribution in [0.5, 0.6) is 0 Å². The predicted octanol–water partition coefficient (Wildman–Crippen LogP) is 1.61. The first-order chi connectivity index (χ1) is 8.27. The lowest BCUT2D eigenvalue weighted by Gasteiger charge is -2.32. The number of anilines is 2. The van der Waals surface area contributed by atoms with Gasteiger partial charge in [0.25, 0.3) is 0 Å². The zero-order chi connectivity index (χ0) is 13.6. The molecule has 0 radical (unpaired) electrons. The number of hydrogen-bond donors (Lipinski definition) is 2. The summed E-state index contributed by atoms with van der Waals surface area (Å²) >= 11 is 0. The summed E-state index contributed by atoms with van der Waals surface area (Å²) in [5, 5.41) is 3.09. The lowest BCUT2D eigenvalue weighted by Crippen LogP contribution is -2.41. The van der Waals surface area contributed by atoms with Crippen molar-refractivity contribution in [2.24, 2.45) is 0 Å². The molecule has 0 atom stereocenters. The van der Waals surface area contributed by atoms with Gasteiger partial charge in [0.2, 0.25) is 0 Å². The average Bonchev–Trinajstić information content (AvgIpc) is 2.48. The lowest BCUT2D eigenvalue weighted by molar-refractivity contribution is 0.00578. The molecular formula is C13H21BN2O2. The molecule has 98 valence electrons. The van der Waals surface area contributed by atoms with Crippen molar-refractivity contribution in [2.75, 3.05) is 18.1 Å². The summed E-state index contributed by atoms with van der Waals surface area (Å²) in [5.74, 6) is 0. The van der Waals surface area contributed by atoms with Crippen LogP contribution in [0.4, 0.5) is 11.4 Å². The maximum atomic E-state index is 6.01. The summed E-state index contributed by atoms with van der Waals surface area (Å²) in [6.07, 6.45) is 0. The summed E-state index contributed by atoms with van der Waals surface area (Å²) in [4.78, 5) is 0. The van der Waals surface area contributed by atoms with E-state index in [-0.39, 0.29) is 11.2 Å². The Morgan fingerprint density at radius 1 is 1.11 bits per heavy atom. The molecule has 0 aliphatic carbocycles. The standard InChI is InChI=1S/C13H21BN2O2/c1-12(2)13(3,4)18-14(17-12)10-8-9(16-5)6-7-11(10)15/h6-8,16H,15H2,1-5H3. The molecule has 0 bridgehead atoms. The predicted molar refractivity (Wildman–Crippen MR) is 76.1 cm³/mol. The molecule has 18 heavy (non-hydrogen) atoms. The third kappa shape index (κ3) is 2.08. The zero-order valence-corrected chi connectivity index (χ0v) is 11.7. The smallest absolute Gasteiger partial charge is 0.399 e. The molecule has 1 aliphatic rings. The molecule has 2 rings (SSSR count). The average molecular weight is 248 g/mol. The van der Waals surface area contributed by atoms with Gasteiger partial charge in [-0.25, -0.2) is 0 Å². The minimum atomic E-state index is -0.414. The van der Waals surface area contributed by atoms with Crippen LogP contribution in [0.1, 0.15) is 27.7 Å². The largest absolute Gasteiger partial charge is 0.497 e. The molecule has 1 aromatic rings. The van der Waals surface area contributed by atoms with Crippen LogP contribution in [-0.4, -0.2) is 25.4 Å². The third-order valence-electron chi connectivity index (χ3n) is 3.88. The minimum Gasteiger partial charge on any atom is -0.399 e. The molecular weight excluding hydrogens is 227 g/mol. The second-order valence-electron chi connectivity index (χ2n) is 5.68. The van der Waals surface area contributed by atoms with Crippen LogP contribution in [0.25, 0.3) is 0 Å². The van der Waals surface area contributed by atoms with Gasteiger partial charge in [-0.1, -0.05) is 0 Å². The van der Waals surface area contributed by atoms with Crippen LogP contribution in [0.2, 0.25) is 0 Å². The molecule has 0 amide bonds. The Kier molecular flexibility index (Phi) is 3.07. The summed E-state index contributed by atoms with van der Waals surface area (Å²) in [6.45, 7) is 8.13. The van der Waals surface area contributed by atoms with E-state index < -0.39 is 7.12 Å². The Morgan fingerprint density at radius 3 is 2.17 bits per heavy atom. The van der Waals surface area contributed by atoms with Crippen molar-refractivity contribution in [3.8, 4) is 0 Å². The Balaban J connectivity index is 2.34. The maximum Gasteiger partial charge on any atom is 0.497 e. The first-order valence-electron chi connectivity index (χ1n) is 6.20. The topological polar surface area (TPSA) is 56.5 Å². The van der Waals surface area contributed by atoms with Gasteiger partial charge in [-0.2, -0.15) is 0 Å². The number of nitrogens with two attached hydrogens (primary N) is 1. The Hall–Kier alpha value is -1.20. The molecule has 0 saturated carbocycles. The molecule has 1 saturated heterocycles. The van der Waals surface area contributed by atoms with E-state index in [4.69, 9.17) is 15.0 Å². The first-order valence-corrected chi connectivity index (χ1v) is 6.20. The Morgan fingerprint density at radius 2 is 1.67 bits per heavy atom. The fraction of sp³-hybridized carbons (Fsp3) is 0.538. The van der Waals surface area contributed by atoms with Crippen LogP contribution in [-0.2, 0) is 9.31 Å². The number of nitrogen functional groups attached to an aromatic ring is 1. The second kappa shape index (κ2) is 4.18. The van der Waals surface area contributed by atoms with Crippen molar-refractivity contribution in [3.05, 3.63) is 18.2 Å². The van der Waals surface area contributed by atoms with Gasteiger partial charge in [-0.15, -0.1) is 0 Å². The highest BCUT2D eigenvalue weighted by atomic mass is 16.7. The monoisotopic (exact) mass is 248 g/mol. The van der Waals surface area contributed by atoms with E-state index in [1.165, 1.54) is 0 Å². The second-order valence-corrected chi connectivity index (χ2v) is 5.68. The van der Waals surface area contributed by atoms with E-state index in [0.29, 0.717) is 5.69 Å². The van der Waals surface area contributed by atoms with Crippen LogP contribution < -0.4 is 16.5 Å². The van der Waals surface area contributed by atoms with E-state index in [9.17, 15) is 0 Å². The molecule has 0 aromatic heterocycles. The highest BCUT2D eigenvalue weighted by Crippen LogP contribution is 2.37. The van der Waals surface area contributed by atoms with Crippen molar-refractivity contribution >= 4 is 24.0 Å². The van der Waals surface area contributed by atoms with Crippen LogP contribution in [0.3, 0.4) is 0 Å². The summed E-state index contributed by atoms with van der Waals surface area (Å²) in [6, 6.07) is 5.77.